The first-order valence-electron chi connectivity index (χ1n) is 6.96. The van der Waals surface area contributed by atoms with Gasteiger partial charge in [0.25, 0.3) is 0 Å². The van der Waals surface area contributed by atoms with Gasteiger partial charge < -0.3 is 10.3 Å². The van der Waals surface area contributed by atoms with Crippen molar-refractivity contribution in [2.45, 2.75) is 25.7 Å². The van der Waals surface area contributed by atoms with Gasteiger partial charge >= 0.3 is 0 Å². The van der Waals surface area contributed by atoms with E-state index >= 15 is 0 Å². The van der Waals surface area contributed by atoms with E-state index in [2.05, 4.69) is 44.3 Å². The standard InChI is InChI=1S/C13H17N7/c1-8(2)13(3-4-14-5-13)12-19-18-11-9-10(16-6-15-9)17-7-20(11)12/h6-8,14H,3-5H2,1-2H3,(H,15,16). The molecule has 1 saturated heterocycles. The van der Waals surface area contributed by atoms with E-state index in [4.69, 9.17) is 0 Å². The van der Waals surface area contributed by atoms with Gasteiger partial charge in [-0.2, -0.15) is 0 Å². The molecule has 0 radical (unpaired) electrons. The van der Waals surface area contributed by atoms with E-state index in [9.17, 15) is 0 Å². The number of hydrogen-bond acceptors (Lipinski definition) is 5. The van der Waals surface area contributed by atoms with Gasteiger partial charge in [0.2, 0.25) is 0 Å². The van der Waals surface area contributed by atoms with E-state index in [-0.39, 0.29) is 5.41 Å². The predicted octanol–water partition coefficient (Wildman–Crippen LogP) is 0.888. The molecule has 1 aliphatic rings. The second-order valence-electron chi connectivity index (χ2n) is 5.80. The summed E-state index contributed by atoms with van der Waals surface area (Å²) >= 11 is 0. The summed E-state index contributed by atoms with van der Waals surface area (Å²) in [5.74, 6) is 1.49. The third kappa shape index (κ3) is 1.38. The van der Waals surface area contributed by atoms with Crippen LogP contribution in [0.3, 0.4) is 0 Å². The Bertz CT molecular complexity index is 763. The highest BCUT2D eigenvalue weighted by atomic mass is 15.3. The van der Waals surface area contributed by atoms with Gasteiger partial charge in [-0.05, 0) is 18.9 Å². The lowest BCUT2D eigenvalue weighted by atomic mass is 9.75. The number of rotatable bonds is 2. The summed E-state index contributed by atoms with van der Waals surface area (Å²) in [5.41, 5.74) is 2.35. The number of fused-ring (bicyclic) bond motifs is 3. The number of H-pyrrole nitrogens is 1. The molecule has 1 atom stereocenters. The summed E-state index contributed by atoms with van der Waals surface area (Å²) in [6, 6.07) is 0. The Morgan fingerprint density at radius 1 is 1.30 bits per heavy atom. The zero-order valence-electron chi connectivity index (χ0n) is 11.6. The highest BCUT2D eigenvalue weighted by Gasteiger charge is 2.42. The fourth-order valence-corrected chi connectivity index (χ4v) is 3.23. The molecule has 2 N–H and O–H groups in total. The average molecular weight is 271 g/mol. The number of hydrogen-bond donors (Lipinski definition) is 2. The molecular weight excluding hydrogens is 254 g/mol. The van der Waals surface area contributed by atoms with E-state index in [0.29, 0.717) is 11.6 Å². The van der Waals surface area contributed by atoms with Crippen molar-refractivity contribution in [1.82, 2.24) is 34.9 Å². The van der Waals surface area contributed by atoms with Gasteiger partial charge in [-0.25, -0.2) is 9.97 Å². The van der Waals surface area contributed by atoms with Gasteiger partial charge in [0.15, 0.2) is 11.3 Å². The minimum Gasteiger partial charge on any atom is -0.340 e. The summed E-state index contributed by atoms with van der Waals surface area (Å²) in [4.78, 5) is 11.6. The molecule has 3 aromatic rings. The van der Waals surface area contributed by atoms with Gasteiger partial charge in [0, 0.05) is 12.0 Å². The van der Waals surface area contributed by atoms with Crippen molar-refractivity contribution in [1.29, 1.82) is 0 Å². The zero-order valence-corrected chi connectivity index (χ0v) is 11.6. The number of nitrogens with one attached hydrogen (secondary N) is 2. The number of aromatic nitrogens is 6. The predicted molar refractivity (Wildman–Crippen MR) is 74.4 cm³/mol. The van der Waals surface area contributed by atoms with Crippen LogP contribution in [0.2, 0.25) is 0 Å². The first-order valence-corrected chi connectivity index (χ1v) is 6.96. The minimum atomic E-state index is 0.0226. The molecule has 1 unspecified atom stereocenters. The summed E-state index contributed by atoms with van der Waals surface area (Å²) in [7, 11) is 0. The minimum absolute atomic E-state index is 0.0226. The summed E-state index contributed by atoms with van der Waals surface area (Å²) < 4.78 is 2.01. The maximum Gasteiger partial charge on any atom is 0.189 e. The van der Waals surface area contributed by atoms with Crippen molar-refractivity contribution >= 4 is 16.8 Å². The van der Waals surface area contributed by atoms with Crippen molar-refractivity contribution in [3.05, 3.63) is 18.5 Å². The fourth-order valence-electron chi connectivity index (χ4n) is 3.23. The number of imidazole rings is 1. The van der Waals surface area contributed by atoms with Crippen molar-refractivity contribution in [3.63, 3.8) is 0 Å². The van der Waals surface area contributed by atoms with Crippen molar-refractivity contribution in [3.8, 4) is 0 Å². The molecule has 0 bridgehead atoms. The van der Waals surface area contributed by atoms with Crippen LogP contribution in [0.5, 0.6) is 0 Å². The molecule has 0 spiro atoms. The largest absolute Gasteiger partial charge is 0.340 e. The maximum absolute atomic E-state index is 4.49. The highest BCUT2D eigenvalue weighted by Crippen LogP contribution is 2.37. The molecule has 104 valence electrons. The SMILES string of the molecule is CC(C)C1(c2nnc3c4[nH]cnc4ncn23)CCNC1. The summed E-state index contributed by atoms with van der Waals surface area (Å²) in [6.45, 7) is 6.45. The Labute approximate surface area is 115 Å². The molecule has 1 fully saturated rings. The third-order valence-electron chi connectivity index (χ3n) is 4.57. The lowest BCUT2D eigenvalue weighted by Gasteiger charge is -2.30. The van der Waals surface area contributed by atoms with Crippen LogP contribution >= 0.6 is 0 Å². The molecule has 1 aliphatic heterocycles. The third-order valence-corrected chi connectivity index (χ3v) is 4.57. The molecular formula is C13H17N7. The van der Waals surface area contributed by atoms with Crippen LogP contribution in [0.4, 0.5) is 0 Å². The Morgan fingerprint density at radius 2 is 2.20 bits per heavy atom. The van der Waals surface area contributed by atoms with Crippen LogP contribution in [0, 0.1) is 5.92 Å². The molecule has 3 aromatic heterocycles. The first-order chi connectivity index (χ1) is 9.72. The Morgan fingerprint density at radius 3 is 2.95 bits per heavy atom. The Balaban J connectivity index is 2.00. The topological polar surface area (TPSA) is 83.8 Å². The van der Waals surface area contributed by atoms with E-state index < -0.39 is 0 Å². The van der Waals surface area contributed by atoms with Crippen LogP contribution in [-0.4, -0.2) is 42.6 Å². The average Bonchev–Trinajstić information content (AvgIpc) is 3.16. The van der Waals surface area contributed by atoms with Crippen LogP contribution in [0.1, 0.15) is 26.1 Å². The Hall–Kier alpha value is -2.02. The van der Waals surface area contributed by atoms with Gasteiger partial charge in [-0.3, -0.25) is 4.40 Å². The van der Waals surface area contributed by atoms with Gasteiger partial charge in [0.05, 0.1) is 6.33 Å². The van der Waals surface area contributed by atoms with Crippen molar-refractivity contribution < 1.29 is 0 Å². The second kappa shape index (κ2) is 3.99. The van der Waals surface area contributed by atoms with Gasteiger partial charge in [-0.1, -0.05) is 13.8 Å². The lowest BCUT2D eigenvalue weighted by molar-refractivity contribution is 0.315. The summed E-state index contributed by atoms with van der Waals surface area (Å²) in [5, 5.41) is 12.3. The quantitative estimate of drug-likeness (QED) is 0.723. The molecule has 4 heterocycles. The van der Waals surface area contributed by atoms with Crippen molar-refractivity contribution in [2.75, 3.05) is 13.1 Å². The monoisotopic (exact) mass is 271 g/mol. The van der Waals surface area contributed by atoms with Gasteiger partial charge in [-0.15, -0.1) is 10.2 Å². The lowest BCUT2D eigenvalue weighted by Crippen LogP contribution is -2.36. The van der Waals surface area contributed by atoms with E-state index in [0.717, 1.165) is 36.5 Å². The molecule has 7 heteroatoms. The second-order valence-corrected chi connectivity index (χ2v) is 5.80. The number of aromatic amines is 1. The van der Waals surface area contributed by atoms with Crippen LogP contribution in [0.25, 0.3) is 16.8 Å². The molecule has 20 heavy (non-hydrogen) atoms. The highest BCUT2D eigenvalue weighted by molar-refractivity contribution is 5.84. The molecule has 7 nitrogen and oxygen atoms in total. The zero-order chi connectivity index (χ0) is 13.7. The number of nitrogens with zero attached hydrogens (tertiary/aromatic N) is 5. The van der Waals surface area contributed by atoms with Gasteiger partial charge in [0.1, 0.15) is 17.7 Å². The van der Waals surface area contributed by atoms with Crippen LogP contribution in [-0.2, 0) is 5.41 Å². The maximum atomic E-state index is 4.49. The van der Waals surface area contributed by atoms with E-state index in [1.54, 1.807) is 12.7 Å². The Kier molecular flexibility index (Phi) is 2.35. The molecule has 4 rings (SSSR count). The smallest absolute Gasteiger partial charge is 0.189 e. The van der Waals surface area contributed by atoms with E-state index in [1.807, 2.05) is 4.40 Å². The van der Waals surface area contributed by atoms with E-state index in [1.165, 1.54) is 0 Å². The molecule has 0 aliphatic carbocycles. The molecule has 0 amide bonds. The summed E-state index contributed by atoms with van der Waals surface area (Å²) in [6.07, 6.45) is 4.50. The van der Waals surface area contributed by atoms with Crippen molar-refractivity contribution in [2.24, 2.45) is 5.92 Å². The molecule has 0 saturated carbocycles. The van der Waals surface area contributed by atoms with Crippen LogP contribution < -0.4 is 5.32 Å². The first kappa shape index (κ1) is 11.8. The normalized spacial score (nSPS) is 23.4. The molecule has 0 aromatic carbocycles. The van der Waals surface area contributed by atoms with Crippen LogP contribution in [0.15, 0.2) is 12.7 Å². The fraction of sp³-hybridized carbons (Fsp3) is 0.538.